The summed E-state index contributed by atoms with van der Waals surface area (Å²) in [6.07, 6.45) is 5.84. The number of fused-ring (bicyclic) bond motifs is 1. The van der Waals surface area contributed by atoms with Crippen LogP contribution in [0, 0.1) is 11.8 Å². The standard InChI is InChI=1S/C21H21Cl2NO3/c22-17-2-1-3-18(23)19(17)20-16(21(27-24-20)11-4-5-11)10-26-15-8-12-6-14(25)7-13(12)9-15/h1-3,11-13,15H,4-10H2/t12-,13+,15?. The molecule has 0 spiro atoms. The normalized spacial score (nSPS) is 27.3. The fraction of sp³-hybridized carbons (Fsp3) is 0.524. The summed E-state index contributed by atoms with van der Waals surface area (Å²) in [4.78, 5) is 11.6. The molecule has 0 radical (unpaired) electrons. The summed E-state index contributed by atoms with van der Waals surface area (Å²) in [5.41, 5.74) is 2.38. The topological polar surface area (TPSA) is 52.3 Å². The van der Waals surface area contributed by atoms with E-state index in [0.29, 0.717) is 51.4 Å². The summed E-state index contributed by atoms with van der Waals surface area (Å²) in [7, 11) is 0. The highest BCUT2D eigenvalue weighted by molar-refractivity contribution is 6.39. The number of carbonyl (C=O) groups is 1. The molecule has 5 rings (SSSR count). The summed E-state index contributed by atoms with van der Waals surface area (Å²) in [6.45, 7) is 0.449. The van der Waals surface area contributed by atoms with Gasteiger partial charge in [0.2, 0.25) is 0 Å². The molecule has 6 heteroatoms. The number of nitrogens with zero attached hydrogens (tertiary/aromatic N) is 1. The van der Waals surface area contributed by atoms with Gasteiger partial charge in [-0.05, 0) is 49.7 Å². The molecular weight excluding hydrogens is 385 g/mol. The smallest absolute Gasteiger partial charge is 0.145 e. The number of ether oxygens (including phenoxy) is 1. The molecule has 2 aromatic rings. The molecule has 142 valence electrons. The molecule has 3 aliphatic rings. The number of hydrogen-bond acceptors (Lipinski definition) is 4. The van der Waals surface area contributed by atoms with E-state index in [1.54, 1.807) is 0 Å². The zero-order chi connectivity index (χ0) is 18.5. The van der Waals surface area contributed by atoms with E-state index in [2.05, 4.69) is 5.16 Å². The predicted octanol–water partition coefficient (Wildman–Crippen LogP) is 5.80. The maximum absolute atomic E-state index is 11.6. The van der Waals surface area contributed by atoms with Crippen LogP contribution in [-0.2, 0) is 16.1 Å². The molecule has 1 unspecified atom stereocenters. The van der Waals surface area contributed by atoms with Crippen molar-refractivity contribution in [3.8, 4) is 11.3 Å². The maximum Gasteiger partial charge on any atom is 0.145 e. The number of ketones is 1. The lowest BCUT2D eigenvalue weighted by molar-refractivity contribution is -0.118. The lowest BCUT2D eigenvalue weighted by atomic mass is 10.0. The molecule has 3 atom stereocenters. The third kappa shape index (κ3) is 3.32. The van der Waals surface area contributed by atoms with E-state index >= 15 is 0 Å². The third-order valence-corrected chi connectivity index (χ3v) is 6.84. The number of carbonyl (C=O) groups excluding carboxylic acids is 1. The van der Waals surface area contributed by atoms with Crippen molar-refractivity contribution in [2.45, 2.75) is 57.2 Å². The predicted molar refractivity (Wildman–Crippen MR) is 103 cm³/mol. The first kappa shape index (κ1) is 17.7. The molecule has 4 nitrogen and oxygen atoms in total. The second-order valence-corrected chi connectivity index (χ2v) is 8.93. The van der Waals surface area contributed by atoms with Gasteiger partial charge < -0.3 is 9.26 Å². The van der Waals surface area contributed by atoms with Crippen LogP contribution in [0.1, 0.15) is 55.8 Å². The van der Waals surface area contributed by atoms with Gasteiger partial charge in [0.15, 0.2) is 0 Å². The summed E-state index contributed by atoms with van der Waals surface area (Å²) >= 11 is 12.8. The van der Waals surface area contributed by atoms with Crippen molar-refractivity contribution in [3.05, 3.63) is 39.6 Å². The van der Waals surface area contributed by atoms with Crippen LogP contribution in [-0.4, -0.2) is 17.0 Å². The van der Waals surface area contributed by atoms with Crippen LogP contribution >= 0.6 is 23.2 Å². The Balaban J connectivity index is 1.39. The number of aromatic nitrogens is 1. The van der Waals surface area contributed by atoms with Crippen LogP contribution in [0.15, 0.2) is 22.7 Å². The van der Waals surface area contributed by atoms with Gasteiger partial charge in [-0.15, -0.1) is 0 Å². The molecular formula is C21H21Cl2NO3. The van der Waals surface area contributed by atoms with Crippen LogP contribution in [0.2, 0.25) is 10.0 Å². The van der Waals surface area contributed by atoms with E-state index in [0.717, 1.165) is 49.8 Å². The van der Waals surface area contributed by atoms with E-state index < -0.39 is 0 Å². The third-order valence-electron chi connectivity index (χ3n) is 6.21. The number of rotatable bonds is 5. The van der Waals surface area contributed by atoms with Gasteiger partial charge >= 0.3 is 0 Å². The Labute approximate surface area is 168 Å². The van der Waals surface area contributed by atoms with E-state index in [4.69, 9.17) is 32.5 Å². The van der Waals surface area contributed by atoms with Crippen LogP contribution < -0.4 is 0 Å². The molecule has 0 amide bonds. The molecule has 1 aromatic heterocycles. The van der Waals surface area contributed by atoms with Crippen molar-refractivity contribution in [1.82, 2.24) is 5.16 Å². The Morgan fingerprint density at radius 2 is 1.78 bits per heavy atom. The monoisotopic (exact) mass is 405 g/mol. The minimum Gasteiger partial charge on any atom is -0.373 e. The molecule has 1 heterocycles. The Kier molecular flexibility index (Phi) is 4.53. The second kappa shape index (κ2) is 6.91. The zero-order valence-electron chi connectivity index (χ0n) is 14.9. The van der Waals surface area contributed by atoms with E-state index in [-0.39, 0.29) is 6.10 Å². The first-order valence-corrected chi connectivity index (χ1v) is 10.4. The van der Waals surface area contributed by atoms with Gasteiger partial charge in [0.1, 0.15) is 17.2 Å². The highest BCUT2D eigenvalue weighted by Gasteiger charge is 2.42. The molecule has 0 bridgehead atoms. The van der Waals surface area contributed by atoms with Gasteiger partial charge in [-0.3, -0.25) is 4.79 Å². The molecule has 27 heavy (non-hydrogen) atoms. The Hall–Kier alpha value is -1.36. The first-order valence-electron chi connectivity index (χ1n) is 9.66. The highest BCUT2D eigenvalue weighted by atomic mass is 35.5. The number of Topliss-reactive ketones (excluding diaryl/α,β-unsaturated/α-hetero) is 1. The SMILES string of the molecule is O=C1C[C@@H]2CC(OCc3c(-c4c(Cl)cccc4Cl)noc3C3CC3)C[C@@H]2C1. The van der Waals surface area contributed by atoms with Crippen molar-refractivity contribution >= 4 is 29.0 Å². The minimum atomic E-state index is 0.199. The highest BCUT2D eigenvalue weighted by Crippen LogP contribution is 2.47. The van der Waals surface area contributed by atoms with Gasteiger partial charge in [0, 0.05) is 29.9 Å². The van der Waals surface area contributed by atoms with Crippen molar-refractivity contribution < 1.29 is 14.1 Å². The van der Waals surface area contributed by atoms with E-state index in [1.807, 2.05) is 18.2 Å². The average molecular weight is 406 g/mol. The van der Waals surface area contributed by atoms with Crippen molar-refractivity contribution in [2.24, 2.45) is 11.8 Å². The number of benzene rings is 1. The van der Waals surface area contributed by atoms with Crippen LogP contribution in [0.3, 0.4) is 0 Å². The van der Waals surface area contributed by atoms with Crippen LogP contribution in [0.5, 0.6) is 0 Å². The van der Waals surface area contributed by atoms with Gasteiger partial charge in [-0.2, -0.15) is 0 Å². The molecule has 0 saturated heterocycles. The fourth-order valence-electron chi connectivity index (χ4n) is 4.71. The Morgan fingerprint density at radius 3 is 2.41 bits per heavy atom. The van der Waals surface area contributed by atoms with Crippen LogP contribution in [0.25, 0.3) is 11.3 Å². The second-order valence-electron chi connectivity index (χ2n) is 8.12. The molecule has 1 aromatic carbocycles. The number of hydrogen-bond donors (Lipinski definition) is 0. The Bertz CT molecular complexity index is 853. The van der Waals surface area contributed by atoms with Gasteiger partial charge in [0.05, 0.1) is 22.8 Å². The lowest BCUT2D eigenvalue weighted by Gasteiger charge is -2.14. The average Bonchev–Trinajstić information content (AvgIpc) is 3.14. The number of halogens is 2. The van der Waals surface area contributed by atoms with Gasteiger partial charge in [-0.1, -0.05) is 34.4 Å². The molecule has 3 saturated carbocycles. The molecule has 0 aliphatic heterocycles. The maximum atomic E-state index is 11.6. The summed E-state index contributed by atoms with van der Waals surface area (Å²) in [5, 5.41) is 5.44. The van der Waals surface area contributed by atoms with E-state index in [1.165, 1.54) is 0 Å². The zero-order valence-corrected chi connectivity index (χ0v) is 16.4. The molecule has 0 N–H and O–H groups in total. The summed E-state index contributed by atoms with van der Waals surface area (Å²) in [5.74, 6) is 2.76. The minimum absolute atomic E-state index is 0.199. The Morgan fingerprint density at radius 1 is 1.11 bits per heavy atom. The first-order chi connectivity index (χ1) is 13.1. The van der Waals surface area contributed by atoms with Crippen LogP contribution in [0.4, 0.5) is 0 Å². The fourth-order valence-corrected chi connectivity index (χ4v) is 5.29. The van der Waals surface area contributed by atoms with Gasteiger partial charge in [0.25, 0.3) is 0 Å². The van der Waals surface area contributed by atoms with Crippen molar-refractivity contribution in [3.63, 3.8) is 0 Å². The lowest BCUT2D eigenvalue weighted by Crippen LogP contribution is -2.11. The van der Waals surface area contributed by atoms with Gasteiger partial charge in [-0.25, -0.2) is 0 Å². The van der Waals surface area contributed by atoms with Crippen molar-refractivity contribution in [1.29, 1.82) is 0 Å². The molecule has 3 fully saturated rings. The molecule has 3 aliphatic carbocycles. The summed E-state index contributed by atoms with van der Waals surface area (Å²) < 4.78 is 12.0. The summed E-state index contributed by atoms with van der Waals surface area (Å²) in [6, 6.07) is 5.45. The largest absolute Gasteiger partial charge is 0.373 e. The quantitative estimate of drug-likeness (QED) is 0.630. The van der Waals surface area contributed by atoms with Crippen molar-refractivity contribution in [2.75, 3.05) is 0 Å². The van der Waals surface area contributed by atoms with E-state index in [9.17, 15) is 4.79 Å².